The normalized spacial score (nSPS) is 16.1. The van der Waals surface area contributed by atoms with Gasteiger partial charge in [-0.25, -0.2) is 9.37 Å². The number of hydrogen-bond acceptors (Lipinski definition) is 1. The number of aromatic nitrogens is 2. The summed E-state index contributed by atoms with van der Waals surface area (Å²) in [4.78, 5) is 4.46. The van der Waals surface area contributed by atoms with Crippen LogP contribution in [0.4, 0.5) is 4.39 Å². The van der Waals surface area contributed by atoms with Gasteiger partial charge in [0.25, 0.3) is 0 Å². The van der Waals surface area contributed by atoms with E-state index in [0.29, 0.717) is 5.88 Å². The molecule has 0 spiro atoms. The Balaban J connectivity index is 1.80. The summed E-state index contributed by atoms with van der Waals surface area (Å²) in [5.41, 5.74) is 1.51. The smallest absolute Gasteiger partial charge is 0.144 e. The second kappa shape index (κ2) is 6.53. The van der Waals surface area contributed by atoms with E-state index in [1.165, 1.54) is 38.2 Å². The minimum Gasteiger partial charge on any atom is -0.327 e. The predicted octanol–water partition coefficient (Wildman–Crippen LogP) is 5.54. The molecule has 1 heterocycles. The maximum atomic E-state index is 13.7. The Hall–Kier alpha value is -0.800. The van der Waals surface area contributed by atoms with Gasteiger partial charge >= 0.3 is 0 Å². The quantitative estimate of drug-likeness (QED) is 0.659. The van der Waals surface area contributed by atoms with Gasteiger partial charge in [0, 0.05) is 12.6 Å². The zero-order valence-corrected chi connectivity index (χ0v) is 13.4. The molecule has 114 valence electrons. The summed E-state index contributed by atoms with van der Waals surface area (Å²) >= 11 is 11.8. The summed E-state index contributed by atoms with van der Waals surface area (Å²) in [5.74, 6) is 1.59. The molecule has 1 aliphatic rings. The molecule has 1 fully saturated rings. The first-order chi connectivity index (χ1) is 10.2. The number of imidazole rings is 1. The molecule has 3 rings (SSSR count). The van der Waals surface area contributed by atoms with E-state index < -0.39 is 5.82 Å². The number of halogens is 3. The van der Waals surface area contributed by atoms with Crippen LogP contribution in [0, 0.1) is 11.7 Å². The molecule has 0 saturated heterocycles. The molecule has 1 aromatic carbocycles. The monoisotopic (exact) mass is 328 g/mol. The Kier molecular flexibility index (Phi) is 4.70. The van der Waals surface area contributed by atoms with Gasteiger partial charge in [0.1, 0.15) is 11.6 Å². The molecule has 0 N–H and O–H groups in total. The molecule has 0 amide bonds. The van der Waals surface area contributed by atoms with E-state index in [1.807, 2.05) is 4.57 Å². The summed E-state index contributed by atoms with van der Waals surface area (Å²) in [7, 11) is 0. The van der Waals surface area contributed by atoms with Crippen LogP contribution in [-0.4, -0.2) is 9.55 Å². The largest absolute Gasteiger partial charge is 0.327 e. The lowest BCUT2D eigenvalue weighted by Gasteiger charge is -2.11. The van der Waals surface area contributed by atoms with Gasteiger partial charge < -0.3 is 4.57 Å². The van der Waals surface area contributed by atoms with Gasteiger partial charge in [-0.15, -0.1) is 11.6 Å². The Morgan fingerprint density at radius 3 is 2.76 bits per heavy atom. The summed E-state index contributed by atoms with van der Waals surface area (Å²) < 4.78 is 15.7. The zero-order valence-electron chi connectivity index (χ0n) is 11.9. The lowest BCUT2D eigenvalue weighted by molar-refractivity contribution is 0.458. The van der Waals surface area contributed by atoms with Crippen LogP contribution in [0.5, 0.6) is 0 Å². The van der Waals surface area contributed by atoms with Crippen molar-refractivity contribution in [3.8, 4) is 0 Å². The van der Waals surface area contributed by atoms with Gasteiger partial charge in [0.15, 0.2) is 0 Å². The van der Waals surface area contributed by atoms with E-state index in [0.717, 1.165) is 35.7 Å². The first kappa shape index (κ1) is 15.1. The highest BCUT2D eigenvalue weighted by Gasteiger charge is 2.16. The maximum absolute atomic E-state index is 13.7. The number of fused-ring (bicyclic) bond motifs is 1. The van der Waals surface area contributed by atoms with Crippen molar-refractivity contribution < 1.29 is 4.39 Å². The third-order valence-electron chi connectivity index (χ3n) is 4.46. The standard InChI is InChI=1S/C16H19Cl2FN2/c17-10-16-20-14-8-12(18)13(19)9-15(14)21(16)7-3-6-11-4-1-2-5-11/h8-9,11H,1-7,10H2. The van der Waals surface area contributed by atoms with Gasteiger partial charge in [0.05, 0.1) is 21.9 Å². The van der Waals surface area contributed by atoms with E-state index >= 15 is 0 Å². The lowest BCUT2D eigenvalue weighted by atomic mass is 10.0. The van der Waals surface area contributed by atoms with Crippen LogP contribution >= 0.6 is 23.2 Å². The van der Waals surface area contributed by atoms with E-state index in [-0.39, 0.29) is 5.02 Å². The maximum Gasteiger partial charge on any atom is 0.144 e. The van der Waals surface area contributed by atoms with Crippen molar-refractivity contribution in [2.24, 2.45) is 5.92 Å². The van der Waals surface area contributed by atoms with Crippen LogP contribution in [0.3, 0.4) is 0 Å². The van der Waals surface area contributed by atoms with E-state index in [9.17, 15) is 4.39 Å². The molecule has 1 saturated carbocycles. The molecule has 0 radical (unpaired) electrons. The second-order valence-corrected chi connectivity index (χ2v) is 6.54. The number of rotatable bonds is 5. The molecular formula is C16H19Cl2FN2. The highest BCUT2D eigenvalue weighted by Crippen LogP contribution is 2.30. The third kappa shape index (κ3) is 3.19. The van der Waals surface area contributed by atoms with Crippen molar-refractivity contribution in [2.45, 2.75) is 50.9 Å². The molecule has 21 heavy (non-hydrogen) atoms. The van der Waals surface area contributed by atoms with Gasteiger partial charge in [0.2, 0.25) is 0 Å². The molecule has 0 unspecified atom stereocenters. The van der Waals surface area contributed by atoms with Gasteiger partial charge in [-0.05, 0) is 24.8 Å². The van der Waals surface area contributed by atoms with Gasteiger partial charge in [-0.1, -0.05) is 37.3 Å². The van der Waals surface area contributed by atoms with Crippen LogP contribution in [0.2, 0.25) is 5.02 Å². The average Bonchev–Trinajstić information content (AvgIpc) is 3.08. The Bertz CT molecular complexity index is 633. The number of alkyl halides is 1. The fourth-order valence-electron chi connectivity index (χ4n) is 3.36. The minimum absolute atomic E-state index is 0.110. The summed E-state index contributed by atoms with van der Waals surface area (Å²) in [6.45, 7) is 0.843. The SMILES string of the molecule is Fc1cc2c(cc1Cl)nc(CCl)n2CCCC1CCCC1. The van der Waals surface area contributed by atoms with Crippen LogP contribution < -0.4 is 0 Å². The van der Waals surface area contributed by atoms with E-state index in [1.54, 1.807) is 6.07 Å². The van der Waals surface area contributed by atoms with Gasteiger partial charge in [-0.2, -0.15) is 0 Å². The number of aryl methyl sites for hydroxylation is 1. The van der Waals surface area contributed by atoms with E-state index in [4.69, 9.17) is 23.2 Å². The third-order valence-corrected chi connectivity index (χ3v) is 4.99. The van der Waals surface area contributed by atoms with E-state index in [2.05, 4.69) is 4.98 Å². The highest BCUT2D eigenvalue weighted by atomic mass is 35.5. The first-order valence-corrected chi connectivity index (χ1v) is 8.50. The molecule has 1 aromatic heterocycles. The summed E-state index contributed by atoms with van der Waals surface area (Å²) in [5, 5.41) is 0.110. The van der Waals surface area contributed by atoms with Crippen molar-refractivity contribution in [3.63, 3.8) is 0 Å². The van der Waals surface area contributed by atoms with Crippen LogP contribution in [-0.2, 0) is 12.4 Å². The molecule has 0 atom stereocenters. The van der Waals surface area contributed by atoms with Gasteiger partial charge in [-0.3, -0.25) is 0 Å². The van der Waals surface area contributed by atoms with Crippen LogP contribution in [0.15, 0.2) is 12.1 Å². The molecule has 0 bridgehead atoms. The minimum atomic E-state index is -0.401. The molecule has 0 aliphatic heterocycles. The average molecular weight is 329 g/mol. The molecule has 2 aromatic rings. The van der Waals surface area contributed by atoms with Crippen LogP contribution in [0.1, 0.15) is 44.3 Å². The highest BCUT2D eigenvalue weighted by molar-refractivity contribution is 6.31. The summed E-state index contributed by atoms with van der Waals surface area (Å²) in [6, 6.07) is 3.05. The fourth-order valence-corrected chi connectivity index (χ4v) is 3.72. The lowest BCUT2D eigenvalue weighted by Crippen LogP contribution is -2.04. The van der Waals surface area contributed by atoms with Crippen molar-refractivity contribution in [3.05, 3.63) is 28.8 Å². The second-order valence-electron chi connectivity index (χ2n) is 5.86. The topological polar surface area (TPSA) is 17.8 Å². The van der Waals surface area contributed by atoms with Crippen molar-refractivity contribution in [1.82, 2.24) is 9.55 Å². The van der Waals surface area contributed by atoms with Crippen molar-refractivity contribution in [2.75, 3.05) is 0 Å². The Morgan fingerprint density at radius 2 is 2.05 bits per heavy atom. The van der Waals surface area contributed by atoms with Crippen molar-refractivity contribution in [1.29, 1.82) is 0 Å². The van der Waals surface area contributed by atoms with Crippen molar-refractivity contribution >= 4 is 34.2 Å². The fraction of sp³-hybridized carbons (Fsp3) is 0.562. The predicted molar refractivity (Wildman–Crippen MR) is 85.5 cm³/mol. The molecule has 5 heteroatoms. The Labute approximate surface area is 134 Å². The first-order valence-electron chi connectivity index (χ1n) is 7.59. The summed E-state index contributed by atoms with van der Waals surface area (Å²) in [6.07, 6.45) is 7.78. The Morgan fingerprint density at radius 1 is 1.29 bits per heavy atom. The zero-order chi connectivity index (χ0) is 14.8. The van der Waals surface area contributed by atoms with Crippen LogP contribution in [0.25, 0.3) is 11.0 Å². The number of nitrogens with zero attached hydrogens (tertiary/aromatic N) is 2. The molecule has 2 nitrogen and oxygen atoms in total. The number of hydrogen-bond donors (Lipinski definition) is 0. The molecular weight excluding hydrogens is 310 g/mol. The number of benzene rings is 1. The molecule has 1 aliphatic carbocycles.